The first-order valence-corrected chi connectivity index (χ1v) is 16.2. The molecule has 0 spiro atoms. The van der Waals surface area contributed by atoms with Crippen molar-refractivity contribution in [2.75, 3.05) is 0 Å². The fourth-order valence-electron chi connectivity index (χ4n) is 7.97. The number of rotatable bonds is 7. The standard InChI is InChI=1S/C38H42N4O2/c1-24(43)11-12-27-13-14-28-21-34(25(2)32(28)19-27)38(17-8-18-38)40-37(44)29-15-16-35-33(20-29)26(3)36(30-22-39-41(4)23-30)42(35)31-9-6-5-7-10-31/h11-16,19-23,25,31H,5-10,17-18H2,1-4H3,(H,40,44)/b12-11+. The number of fused-ring (bicyclic) bond motifs is 2. The van der Waals surface area contributed by atoms with Crippen LogP contribution < -0.4 is 5.32 Å². The van der Waals surface area contributed by atoms with Gasteiger partial charge >= 0.3 is 0 Å². The van der Waals surface area contributed by atoms with Crippen molar-refractivity contribution in [3.63, 3.8) is 0 Å². The number of allylic oxidation sites excluding steroid dienone is 1. The van der Waals surface area contributed by atoms with Crippen molar-refractivity contribution < 1.29 is 9.59 Å². The van der Waals surface area contributed by atoms with E-state index in [1.165, 1.54) is 65.6 Å². The van der Waals surface area contributed by atoms with Crippen LogP contribution in [-0.2, 0) is 11.8 Å². The molecule has 1 N–H and O–H groups in total. The van der Waals surface area contributed by atoms with E-state index in [-0.39, 0.29) is 23.1 Å². The third-order valence-corrected chi connectivity index (χ3v) is 10.4. The molecule has 0 saturated heterocycles. The van der Waals surface area contributed by atoms with Crippen LogP contribution in [0.3, 0.4) is 0 Å². The average molecular weight is 587 g/mol. The summed E-state index contributed by atoms with van der Waals surface area (Å²) in [4.78, 5) is 25.5. The summed E-state index contributed by atoms with van der Waals surface area (Å²) in [6.07, 6.45) is 19.0. The van der Waals surface area contributed by atoms with Crippen LogP contribution in [-0.4, -0.2) is 31.6 Å². The van der Waals surface area contributed by atoms with Crippen molar-refractivity contribution in [2.45, 2.75) is 89.6 Å². The Labute approximate surface area is 259 Å². The van der Waals surface area contributed by atoms with Crippen LogP contribution in [0.2, 0.25) is 0 Å². The highest BCUT2D eigenvalue weighted by molar-refractivity contribution is 6.01. The van der Waals surface area contributed by atoms with Crippen LogP contribution >= 0.6 is 0 Å². The molecule has 2 fully saturated rings. The second-order valence-electron chi connectivity index (χ2n) is 13.3. The largest absolute Gasteiger partial charge is 0.343 e. The highest BCUT2D eigenvalue weighted by atomic mass is 16.1. The molecule has 0 radical (unpaired) electrons. The maximum Gasteiger partial charge on any atom is 0.251 e. The number of nitrogens with zero attached hydrogens (tertiary/aromatic N) is 3. The number of nitrogens with one attached hydrogen (secondary N) is 1. The Bertz CT molecular complexity index is 1840. The quantitative estimate of drug-likeness (QED) is 0.222. The zero-order valence-corrected chi connectivity index (χ0v) is 26.3. The monoisotopic (exact) mass is 586 g/mol. The topological polar surface area (TPSA) is 68.9 Å². The second-order valence-corrected chi connectivity index (χ2v) is 13.3. The van der Waals surface area contributed by atoms with Crippen molar-refractivity contribution in [1.82, 2.24) is 19.7 Å². The summed E-state index contributed by atoms with van der Waals surface area (Å²) in [5, 5.41) is 9.17. The Morgan fingerprint density at radius 2 is 1.84 bits per heavy atom. The molecule has 1 unspecified atom stereocenters. The first-order chi connectivity index (χ1) is 21.2. The van der Waals surface area contributed by atoms with Gasteiger partial charge in [0.05, 0.1) is 17.4 Å². The van der Waals surface area contributed by atoms with Gasteiger partial charge in [0.15, 0.2) is 5.78 Å². The third kappa shape index (κ3) is 4.85. The Balaban J connectivity index is 1.20. The lowest BCUT2D eigenvalue weighted by Gasteiger charge is -2.45. The van der Waals surface area contributed by atoms with Gasteiger partial charge in [-0.2, -0.15) is 5.10 Å². The van der Waals surface area contributed by atoms with Gasteiger partial charge in [0.1, 0.15) is 0 Å². The zero-order valence-electron chi connectivity index (χ0n) is 26.3. The van der Waals surface area contributed by atoms with Crippen LogP contribution in [0.15, 0.2) is 60.4 Å². The van der Waals surface area contributed by atoms with Crippen LogP contribution in [0, 0.1) is 6.92 Å². The van der Waals surface area contributed by atoms with Crippen LogP contribution in [0.4, 0.5) is 0 Å². The summed E-state index contributed by atoms with van der Waals surface area (Å²) in [7, 11) is 1.97. The van der Waals surface area contributed by atoms with Gasteiger partial charge in [0.2, 0.25) is 0 Å². The van der Waals surface area contributed by atoms with Crippen molar-refractivity contribution in [1.29, 1.82) is 0 Å². The first-order valence-electron chi connectivity index (χ1n) is 16.2. The molecule has 1 atom stereocenters. The van der Waals surface area contributed by atoms with E-state index in [2.05, 4.69) is 71.4 Å². The third-order valence-electron chi connectivity index (χ3n) is 10.4. The van der Waals surface area contributed by atoms with Crippen LogP contribution in [0.1, 0.15) is 110 Å². The molecular formula is C38H42N4O2. The molecule has 1 amide bonds. The fraction of sp³-hybridized carbons (Fsp3) is 0.395. The molecule has 0 bridgehead atoms. The predicted molar refractivity (Wildman–Crippen MR) is 178 cm³/mol. The summed E-state index contributed by atoms with van der Waals surface area (Å²) < 4.78 is 4.41. The van der Waals surface area contributed by atoms with Crippen LogP contribution in [0.25, 0.3) is 34.3 Å². The number of amides is 1. The molecule has 2 aromatic carbocycles. The predicted octanol–water partition coefficient (Wildman–Crippen LogP) is 8.31. The first kappa shape index (κ1) is 28.6. The molecule has 6 nitrogen and oxygen atoms in total. The molecule has 3 aliphatic rings. The minimum absolute atomic E-state index is 0.00604. The van der Waals surface area contributed by atoms with E-state index < -0.39 is 0 Å². The molecule has 2 aromatic heterocycles. The Kier molecular flexibility index (Phi) is 7.19. The lowest BCUT2D eigenvalue weighted by molar-refractivity contribution is -0.112. The molecule has 6 heteroatoms. The molecule has 226 valence electrons. The highest BCUT2D eigenvalue weighted by Crippen LogP contribution is 2.49. The molecule has 4 aromatic rings. The van der Waals surface area contributed by atoms with Gasteiger partial charge in [0, 0.05) is 47.2 Å². The molecule has 44 heavy (non-hydrogen) atoms. The normalized spacial score (nSPS) is 19.6. The second kappa shape index (κ2) is 11.1. The summed E-state index contributed by atoms with van der Waals surface area (Å²) >= 11 is 0. The number of carbonyl (C=O) groups is 2. The Morgan fingerprint density at radius 1 is 1.05 bits per heavy atom. The van der Waals surface area contributed by atoms with Gasteiger partial charge in [-0.25, -0.2) is 0 Å². The molecule has 2 heterocycles. The summed E-state index contributed by atoms with van der Waals surface area (Å²) in [5.74, 6) is 0.238. The van der Waals surface area contributed by atoms with Crippen molar-refractivity contribution in [3.05, 3.63) is 88.3 Å². The van der Waals surface area contributed by atoms with Crippen LogP contribution in [0.5, 0.6) is 0 Å². The van der Waals surface area contributed by atoms with Gasteiger partial charge < -0.3 is 9.88 Å². The van der Waals surface area contributed by atoms with E-state index in [9.17, 15) is 9.59 Å². The molecule has 7 rings (SSSR count). The number of benzene rings is 2. The van der Waals surface area contributed by atoms with Crippen molar-refractivity contribution in [2.24, 2.45) is 7.05 Å². The number of hydrogen-bond donors (Lipinski definition) is 1. The lowest BCUT2D eigenvalue weighted by Crippen LogP contribution is -2.55. The molecule has 3 aliphatic carbocycles. The Hall–Kier alpha value is -4.19. The van der Waals surface area contributed by atoms with Crippen molar-refractivity contribution in [3.8, 4) is 11.3 Å². The maximum atomic E-state index is 14.0. The SMILES string of the molecule is CC(=O)/C=C/c1ccc2c(c1)C(C)C(C1(NC(=O)c3ccc4c(c3)c(C)c(-c3cnn(C)c3)n4C3CCCCC3)CCC1)=C2. The fourth-order valence-corrected chi connectivity index (χ4v) is 7.97. The number of aromatic nitrogens is 3. The maximum absolute atomic E-state index is 14.0. The van der Waals surface area contributed by atoms with E-state index in [1.54, 1.807) is 13.0 Å². The minimum atomic E-state index is -0.330. The van der Waals surface area contributed by atoms with Gasteiger partial charge in [-0.05, 0) is 98.1 Å². The van der Waals surface area contributed by atoms with E-state index >= 15 is 0 Å². The molecule has 0 aliphatic heterocycles. The van der Waals surface area contributed by atoms with E-state index in [0.29, 0.717) is 11.6 Å². The molecular weight excluding hydrogens is 544 g/mol. The minimum Gasteiger partial charge on any atom is -0.343 e. The van der Waals surface area contributed by atoms with E-state index in [4.69, 9.17) is 0 Å². The average Bonchev–Trinajstić information content (AvgIpc) is 3.67. The van der Waals surface area contributed by atoms with E-state index in [0.717, 1.165) is 35.8 Å². The highest BCUT2D eigenvalue weighted by Gasteiger charge is 2.45. The van der Waals surface area contributed by atoms with Gasteiger partial charge in [-0.15, -0.1) is 0 Å². The van der Waals surface area contributed by atoms with Crippen molar-refractivity contribution >= 4 is 34.7 Å². The lowest BCUT2D eigenvalue weighted by atomic mass is 9.68. The van der Waals surface area contributed by atoms with E-state index in [1.807, 2.05) is 30.1 Å². The van der Waals surface area contributed by atoms with Gasteiger partial charge in [0.25, 0.3) is 5.91 Å². The Morgan fingerprint density at radius 3 is 2.52 bits per heavy atom. The summed E-state index contributed by atoms with van der Waals surface area (Å²) in [5.41, 5.74) is 9.95. The number of aryl methyl sites for hydroxylation is 2. The molecule has 2 saturated carbocycles. The summed E-state index contributed by atoms with van der Waals surface area (Å²) in [6, 6.07) is 13.1. The number of carbonyl (C=O) groups excluding carboxylic acids is 2. The zero-order chi connectivity index (χ0) is 30.6. The summed E-state index contributed by atoms with van der Waals surface area (Å²) in [6.45, 7) is 6.01. The number of ketones is 1. The number of hydrogen-bond acceptors (Lipinski definition) is 3. The van der Waals surface area contributed by atoms with Gasteiger partial charge in [-0.1, -0.05) is 56.5 Å². The van der Waals surface area contributed by atoms with Gasteiger partial charge in [-0.3, -0.25) is 14.3 Å². The smallest absolute Gasteiger partial charge is 0.251 e.